The number of nitrogens with one attached hydrogen (secondary N) is 1. The molecule has 5 nitrogen and oxygen atoms in total. The van der Waals surface area contributed by atoms with Crippen LogP contribution < -0.4 is 5.32 Å². The number of carbonyl (C=O) groups excluding carboxylic acids is 1. The molecule has 1 N–H and O–H groups in total. The van der Waals surface area contributed by atoms with Crippen LogP contribution in [0.1, 0.15) is 12.5 Å². The number of hydrogen-bond acceptors (Lipinski definition) is 3. The number of rotatable bonds is 4. The lowest BCUT2D eigenvalue weighted by Gasteiger charge is -2.08. The molecule has 0 spiro atoms. The van der Waals surface area contributed by atoms with E-state index in [1.165, 1.54) is 0 Å². The Hall–Kier alpha value is -2.34. The zero-order valence-corrected chi connectivity index (χ0v) is 14.2. The van der Waals surface area contributed by atoms with Gasteiger partial charge in [0.15, 0.2) is 0 Å². The van der Waals surface area contributed by atoms with Gasteiger partial charge in [-0.15, -0.1) is 0 Å². The van der Waals surface area contributed by atoms with E-state index in [1.54, 1.807) is 0 Å². The third-order valence-electron chi connectivity index (χ3n) is 3.45. The second-order valence-electron chi connectivity index (χ2n) is 5.00. The van der Waals surface area contributed by atoms with Crippen molar-refractivity contribution in [3.63, 3.8) is 0 Å². The van der Waals surface area contributed by atoms with Crippen molar-refractivity contribution in [2.45, 2.75) is 20.1 Å². The first-order valence-corrected chi connectivity index (χ1v) is 8.10. The van der Waals surface area contributed by atoms with Crippen LogP contribution in [0.4, 0.5) is 10.7 Å². The van der Waals surface area contributed by atoms with Gasteiger partial charge in [-0.3, -0.25) is 5.32 Å². The van der Waals surface area contributed by atoms with Crippen molar-refractivity contribution in [1.29, 1.82) is 0 Å². The van der Waals surface area contributed by atoms with Gasteiger partial charge in [-0.25, -0.2) is 9.78 Å². The number of ether oxygens (including phenoxy) is 1. The summed E-state index contributed by atoms with van der Waals surface area (Å²) in [5, 5.41) is 2.72. The molecule has 0 aliphatic carbocycles. The molecular formula is C17H16BrN3O2. The molecule has 2 aromatic carbocycles. The molecule has 118 valence electrons. The molecule has 0 aliphatic heterocycles. The summed E-state index contributed by atoms with van der Waals surface area (Å²) < 4.78 is 8.12. The van der Waals surface area contributed by atoms with Crippen LogP contribution in [-0.2, 0) is 17.9 Å². The molecular weight excluding hydrogens is 358 g/mol. The average molecular weight is 374 g/mol. The van der Waals surface area contributed by atoms with Crippen LogP contribution in [0.3, 0.4) is 0 Å². The van der Waals surface area contributed by atoms with Gasteiger partial charge in [0, 0.05) is 11.0 Å². The van der Waals surface area contributed by atoms with Crippen molar-refractivity contribution in [3.05, 3.63) is 58.6 Å². The molecule has 0 saturated carbocycles. The highest BCUT2D eigenvalue weighted by atomic mass is 79.9. The van der Waals surface area contributed by atoms with Gasteiger partial charge >= 0.3 is 6.09 Å². The summed E-state index contributed by atoms with van der Waals surface area (Å²) in [6, 6.07) is 15.4. The molecule has 3 rings (SSSR count). The molecule has 0 radical (unpaired) electrons. The predicted molar refractivity (Wildman–Crippen MR) is 93.4 cm³/mol. The number of nitrogens with zero attached hydrogens (tertiary/aromatic N) is 2. The Bertz CT molecular complexity index is 830. The first-order chi connectivity index (χ1) is 11.2. The van der Waals surface area contributed by atoms with Crippen molar-refractivity contribution in [1.82, 2.24) is 9.55 Å². The maximum absolute atomic E-state index is 12.0. The Morgan fingerprint density at radius 2 is 2.04 bits per heavy atom. The van der Waals surface area contributed by atoms with Crippen LogP contribution in [0.15, 0.2) is 53.0 Å². The van der Waals surface area contributed by atoms with E-state index in [-0.39, 0.29) is 6.61 Å². The van der Waals surface area contributed by atoms with Gasteiger partial charge in [0.1, 0.15) is 6.61 Å². The van der Waals surface area contributed by atoms with Crippen LogP contribution in [0.25, 0.3) is 11.0 Å². The number of hydrogen-bond donors (Lipinski definition) is 1. The molecule has 0 bridgehead atoms. The molecule has 1 aromatic heterocycles. The first-order valence-electron chi connectivity index (χ1n) is 7.31. The number of carbonyl (C=O) groups is 1. The summed E-state index contributed by atoms with van der Waals surface area (Å²) in [5.74, 6) is 0.485. The van der Waals surface area contributed by atoms with E-state index in [1.807, 2.05) is 60.0 Å². The summed E-state index contributed by atoms with van der Waals surface area (Å²) in [6.07, 6.45) is -0.516. The smallest absolute Gasteiger partial charge is 0.414 e. The molecule has 1 heterocycles. The lowest BCUT2D eigenvalue weighted by Crippen LogP contribution is -2.16. The van der Waals surface area contributed by atoms with E-state index < -0.39 is 6.09 Å². The third-order valence-corrected chi connectivity index (χ3v) is 3.95. The Morgan fingerprint density at radius 3 is 2.78 bits per heavy atom. The fraction of sp³-hybridized carbons (Fsp3) is 0.176. The molecule has 0 saturated heterocycles. The lowest BCUT2D eigenvalue weighted by atomic mass is 10.2. The van der Waals surface area contributed by atoms with Crippen LogP contribution >= 0.6 is 15.9 Å². The summed E-state index contributed by atoms with van der Waals surface area (Å²) in [6.45, 7) is 2.93. The standard InChI is InChI=1S/C17H16BrN3O2/c1-2-21-15-9-8-13(18)10-14(15)19-16(21)20-17(22)23-11-12-6-4-3-5-7-12/h3-10H,2,11H2,1H3,(H,19,20,22). The number of amides is 1. The summed E-state index contributed by atoms with van der Waals surface area (Å²) in [5.41, 5.74) is 2.73. The highest BCUT2D eigenvalue weighted by Crippen LogP contribution is 2.23. The van der Waals surface area contributed by atoms with Crippen LogP contribution in [0.2, 0.25) is 0 Å². The molecule has 0 unspecified atom stereocenters. The van der Waals surface area contributed by atoms with Gasteiger partial charge in [0.25, 0.3) is 0 Å². The molecule has 0 atom stereocenters. The van der Waals surface area contributed by atoms with Crippen LogP contribution in [0, 0.1) is 0 Å². The normalized spacial score (nSPS) is 10.7. The van der Waals surface area contributed by atoms with Crippen LogP contribution in [0.5, 0.6) is 0 Å². The van der Waals surface area contributed by atoms with E-state index >= 15 is 0 Å². The number of aryl methyl sites for hydroxylation is 1. The maximum atomic E-state index is 12.0. The minimum absolute atomic E-state index is 0.227. The molecule has 23 heavy (non-hydrogen) atoms. The lowest BCUT2D eigenvalue weighted by molar-refractivity contribution is 0.155. The van der Waals surface area contributed by atoms with Gasteiger partial charge < -0.3 is 9.30 Å². The van der Waals surface area contributed by atoms with Gasteiger partial charge in [-0.1, -0.05) is 46.3 Å². The number of imidazole rings is 1. The average Bonchev–Trinajstić information content (AvgIpc) is 2.89. The second-order valence-corrected chi connectivity index (χ2v) is 5.92. The summed E-state index contributed by atoms with van der Waals surface area (Å²) in [4.78, 5) is 16.5. The highest BCUT2D eigenvalue weighted by molar-refractivity contribution is 9.10. The minimum Gasteiger partial charge on any atom is -0.444 e. The number of aromatic nitrogens is 2. The number of benzene rings is 2. The third kappa shape index (κ3) is 3.53. The van der Waals surface area contributed by atoms with Gasteiger partial charge in [-0.05, 0) is 30.7 Å². The first kappa shape index (κ1) is 15.6. The zero-order valence-electron chi connectivity index (χ0n) is 12.6. The van der Waals surface area contributed by atoms with Crippen molar-refractivity contribution in [3.8, 4) is 0 Å². The minimum atomic E-state index is -0.516. The fourth-order valence-corrected chi connectivity index (χ4v) is 2.72. The topological polar surface area (TPSA) is 56.2 Å². The van der Waals surface area contributed by atoms with E-state index in [0.717, 1.165) is 21.1 Å². The number of fused-ring (bicyclic) bond motifs is 1. The van der Waals surface area contributed by atoms with Gasteiger partial charge in [0.2, 0.25) is 5.95 Å². The van der Waals surface area contributed by atoms with E-state index in [2.05, 4.69) is 26.2 Å². The Balaban J connectivity index is 1.74. The fourth-order valence-electron chi connectivity index (χ4n) is 2.37. The number of halogens is 1. The molecule has 3 aromatic rings. The Morgan fingerprint density at radius 1 is 1.26 bits per heavy atom. The van der Waals surface area contributed by atoms with Gasteiger partial charge in [0.05, 0.1) is 11.0 Å². The van der Waals surface area contributed by atoms with Crippen molar-refractivity contribution in [2.75, 3.05) is 5.32 Å². The Kier molecular flexibility index (Phi) is 4.62. The number of anilines is 1. The monoisotopic (exact) mass is 373 g/mol. The molecule has 6 heteroatoms. The van der Waals surface area contributed by atoms with Crippen molar-refractivity contribution >= 4 is 39.0 Å². The molecule has 0 aliphatic rings. The molecule has 1 amide bonds. The predicted octanol–water partition coefficient (Wildman–Crippen LogP) is 4.57. The maximum Gasteiger partial charge on any atom is 0.414 e. The van der Waals surface area contributed by atoms with Gasteiger partial charge in [-0.2, -0.15) is 0 Å². The van der Waals surface area contributed by atoms with E-state index in [4.69, 9.17) is 4.74 Å². The Labute approximate surface area is 142 Å². The summed E-state index contributed by atoms with van der Waals surface area (Å²) in [7, 11) is 0. The van der Waals surface area contributed by atoms with E-state index in [0.29, 0.717) is 12.5 Å². The van der Waals surface area contributed by atoms with Crippen molar-refractivity contribution < 1.29 is 9.53 Å². The quantitative estimate of drug-likeness (QED) is 0.728. The summed E-state index contributed by atoms with van der Waals surface area (Å²) >= 11 is 3.43. The second kappa shape index (κ2) is 6.83. The van der Waals surface area contributed by atoms with E-state index in [9.17, 15) is 4.79 Å². The van der Waals surface area contributed by atoms with Crippen LogP contribution in [-0.4, -0.2) is 15.6 Å². The largest absolute Gasteiger partial charge is 0.444 e. The highest BCUT2D eigenvalue weighted by Gasteiger charge is 2.13. The SMILES string of the molecule is CCn1c(NC(=O)OCc2ccccc2)nc2cc(Br)ccc21. The molecule has 0 fully saturated rings. The zero-order chi connectivity index (χ0) is 16.2. The van der Waals surface area contributed by atoms with Crippen molar-refractivity contribution in [2.24, 2.45) is 0 Å².